The largest absolute Gasteiger partial charge is 0.370 e. The predicted octanol–water partition coefficient (Wildman–Crippen LogP) is 1.69. The van der Waals surface area contributed by atoms with Crippen LogP contribution in [-0.2, 0) is 22.6 Å². The summed E-state index contributed by atoms with van der Waals surface area (Å²) < 4.78 is 1.90. The van der Waals surface area contributed by atoms with E-state index in [4.69, 9.17) is 5.73 Å². The first-order valence-corrected chi connectivity index (χ1v) is 9.17. The summed E-state index contributed by atoms with van der Waals surface area (Å²) in [7, 11) is 0. The highest BCUT2D eigenvalue weighted by Gasteiger charge is 2.15. The number of hydrogen-bond acceptors (Lipinski definition) is 5. The predicted molar refractivity (Wildman–Crippen MR) is 96.9 cm³/mol. The van der Waals surface area contributed by atoms with Crippen molar-refractivity contribution in [2.45, 2.75) is 44.4 Å². The van der Waals surface area contributed by atoms with E-state index >= 15 is 0 Å². The van der Waals surface area contributed by atoms with E-state index in [2.05, 4.69) is 15.5 Å². The van der Waals surface area contributed by atoms with Crippen LogP contribution in [0.1, 0.15) is 37.7 Å². The molecule has 0 radical (unpaired) electrons. The number of carbonyl (C=O) groups is 2. The maximum Gasteiger partial charge on any atom is 0.230 e. The summed E-state index contributed by atoms with van der Waals surface area (Å²) >= 11 is 1.33. The van der Waals surface area contributed by atoms with Gasteiger partial charge in [-0.2, -0.15) is 0 Å². The molecule has 0 aliphatic carbocycles. The number of aryl methyl sites for hydroxylation is 1. The summed E-state index contributed by atoms with van der Waals surface area (Å²) in [5, 5.41) is 11.9. The summed E-state index contributed by atoms with van der Waals surface area (Å²) in [5.41, 5.74) is 6.24. The van der Waals surface area contributed by atoms with Gasteiger partial charge in [0.1, 0.15) is 5.82 Å². The van der Waals surface area contributed by atoms with Gasteiger partial charge >= 0.3 is 0 Å². The number of amides is 2. The van der Waals surface area contributed by atoms with Crippen molar-refractivity contribution in [2.75, 3.05) is 5.75 Å². The van der Waals surface area contributed by atoms with E-state index in [-0.39, 0.29) is 30.0 Å². The number of hydrogen-bond donors (Lipinski definition) is 2. The van der Waals surface area contributed by atoms with Gasteiger partial charge in [0.05, 0.1) is 11.8 Å². The van der Waals surface area contributed by atoms with E-state index in [1.807, 2.05) is 48.7 Å². The van der Waals surface area contributed by atoms with Gasteiger partial charge in [-0.05, 0) is 19.4 Å². The first kappa shape index (κ1) is 19.0. The molecule has 1 aromatic carbocycles. The molecule has 134 valence electrons. The Bertz CT molecular complexity index is 717. The summed E-state index contributed by atoms with van der Waals surface area (Å²) in [5.74, 6) is 0.534. The van der Waals surface area contributed by atoms with E-state index in [1.54, 1.807) is 0 Å². The molecule has 1 heterocycles. The first-order chi connectivity index (χ1) is 12.0. The fraction of sp³-hybridized carbons (Fsp3) is 0.412. The maximum atomic E-state index is 12.2. The van der Waals surface area contributed by atoms with Crippen molar-refractivity contribution in [3.05, 3.63) is 41.7 Å². The van der Waals surface area contributed by atoms with Crippen LogP contribution in [0, 0.1) is 0 Å². The lowest BCUT2D eigenvalue weighted by Crippen LogP contribution is -2.28. The van der Waals surface area contributed by atoms with Crippen molar-refractivity contribution in [3.63, 3.8) is 0 Å². The zero-order chi connectivity index (χ0) is 18.2. The van der Waals surface area contributed by atoms with Gasteiger partial charge in [0.25, 0.3) is 0 Å². The summed E-state index contributed by atoms with van der Waals surface area (Å²) in [6, 6.07) is 9.76. The molecule has 8 heteroatoms. The minimum atomic E-state index is -0.367. The van der Waals surface area contributed by atoms with E-state index in [0.29, 0.717) is 23.9 Å². The zero-order valence-corrected chi connectivity index (χ0v) is 15.3. The average Bonchev–Trinajstić information content (AvgIpc) is 3.00. The van der Waals surface area contributed by atoms with E-state index in [0.717, 1.165) is 5.56 Å². The number of primary amides is 1. The third kappa shape index (κ3) is 5.60. The number of aromatic nitrogens is 3. The molecule has 2 rings (SSSR count). The van der Waals surface area contributed by atoms with Gasteiger partial charge < -0.3 is 15.6 Å². The Labute approximate surface area is 151 Å². The fourth-order valence-corrected chi connectivity index (χ4v) is 3.23. The summed E-state index contributed by atoms with van der Waals surface area (Å²) in [4.78, 5) is 23.1. The highest BCUT2D eigenvalue weighted by molar-refractivity contribution is 7.99. The van der Waals surface area contributed by atoms with Gasteiger partial charge in [-0.3, -0.25) is 9.59 Å². The Morgan fingerprint density at radius 1 is 1.28 bits per heavy atom. The van der Waals surface area contributed by atoms with Crippen LogP contribution in [0.2, 0.25) is 0 Å². The normalized spacial score (nSPS) is 11.9. The molecule has 0 saturated carbocycles. The van der Waals surface area contributed by atoms with Gasteiger partial charge in [-0.25, -0.2) is 0 Å². The van der Waals surface area contributed by atoms with Crippen molar-refractivity contribution in [1.82, 2.24) is 20.1 Å². The molecule has 7 nitrogen and oxygen atoms in total. The van der Waals surface area contributed by atoms with Crippen molar-refractivity contribution in [2.24, 2.45) is 5.73 Å². The third-order valence-electron chi connectivity index (χ3n) is 3.71. The molecule has 25 heavy (non-hydrogen) atoms. The van der Waals surface area contributed by atoms with Gasteiger partial charge in [-0.15, -0.1) is 10.2 Å². The smallest absolute Gasteiger partial charge is 0.230 e. The van der Waals surface area contributed by atoms with Crippen molar-refractivity contribution in [3.8, 4) is 0 Å². The quantitative estimate of drug-likeness (QED) is 0.662. The van der Waals surface area contributed by atoms with E-state index in [9.17, 15) is 9.59 Å². The second kappa shape index (κ2) is 9.22. The Morgan fingerprint density at radius 2 is 2.00 bits per heavy atom. The number of rotatable bonds is 9. The number of benzene rings is 1. The average molecular weight is 361 g/mol. The zero-order valence-electron chi connectivity index (χ0n) is 14.4. The number of nitrogens with zero attached hydrogens (tertiary/aromatic N) is 3. The molecule has 0 spiro atoms. The minimum Gasteiger partial charge on any atom is -0.370 e. The number of nitrogens with one attached hydrogen (secondary N) is 1. The number of carbonyl (C=O) groups excluding carboxylic acids is 2. The SMILES string of the molecule is CCn1c(CCC(N)=O)nnc1SCC(=O)N[C@H](C)c1ccccc1. The molecule has 0 fully saturated rings. The first-order valence-electron chi connectivity index (χ1n) is 8.18. The highest BCUT2D eigenvalue weighted by Crippen LogP contribution is 2.18. The number of thioether (sulfide) groups is 1. The maximum absolute atomic E-state index is 12.2. The van der Waals surface area contributed by atoms with Crippen LogP contribution in [0.4, 0.5) is 0 Å². The highest BCUT2D eigenvalue weighted by atomic mass is 32.2. The second-order valence-electron chi connectivity index (χ2n) is 5.60. The molecule has 0 aliphatic heterocycles. The van der Waals surface area contributed by atoms with E-state index < -0.39 is 0 Å². The number of nitrogens with two attached hydrogens (primary N) is 1. The molecule has 0 aliphatic rings. The van der Waals surface area contributed by atoms with Crippen molar-refractivity contribution < 1.29 is 9.59 Å². The van der Waals surface area contributed by atoms with Crippen LogP contribution < -0.4 is 11.1 Å². The third-order valence-corrected chi connectivity index (χ3v) is 4.68. The Hall–Kier alpha value is -2.35. The Morgan fingerprint density at radius 3 is 2.64 bits per heavy atom. The van der Waals surface area contributed by atoms with Gasteiger partial charge in [0.15, 0.2) is 5.16 Å². The lowest BCUT2D eigenvalue weighted by Gasteiger charge is -2.14. The topological polar surface area (TPSA) is 103 Å². The molecule has 2 amide bonds. The molecule has 1 atom stereocenters. The Kier molecular flexibility index (Phi) is 7.00. The van der Waals surface area contributed by atoms with Crippen molar-refractivity contribution in [1.29, 1.82) is 0 Å². The van der Waals surface area contributed by atoms with Crippen LogP contribution >= 0.6 is 11.8 Å². The molecule has 3 N–H and O–H groups in total. The molecule has 0 unspecified atom stereocenters. The van der Waals surface area contributed by atoms with E-state index in [1.165, 1.54) is 11.8 Å². The lowest BCUT2D eigenvalue weighted by atomic mass is 10.1. The van der Waals surface area contributed by atoms with Gasteiger partial charge in [0.2, 0.25) is 11.8 Å². The van der Waals surface area contributed by atoms with Gasteiger partial charge in [-0.1, -0.05) is 42.1 Å². The van der Waals surface area contributed by atoms with Gasteiger partial charge in [0, 0.05) is 19.4 Å². The molecular weight excluding hydrogens is 338 g/mol. The fourth-order valence-electron chi connectivity index (χ4n) is 2.40. The summed E-state index contributed by atoms with van der Waals surface area (Å²) in [6.45, 7) is 4.60. The van der Waals surface area contributed by atoms with Crippen LogP contribution in [0.15, 0.2) is 35.5 Å². The summed E-state index contributed by atoms with van der Waals surface area (Å²) in [6.07, 6.45) is 0.686. The Balaban J connectivity index is 1.90. The molecular formula is C17H23N5O2S. The molecule has 0 saturated heterocycles. The molecule has 2 aromatic rings. The molecule has 1 aromatic heterocycles. The molecule has 0 bridgehead atoms. The van der Waals surface area contributed by atoms with Crippen LogP contribution in [0.25, 0.3) is 0 Å². The second-order valence-corrected chi connectivity index (χ2v) is 6.54. The van der Waals surface area contributed by atoms with Crippen LogP contribution in [0.3, 0.4) is 0 Å². The van der Waals surface area contributed by atoms with Crippen molar-refractivity contribution >= 4 is 23.6 Å². The standard InChI is InChI=1S/C17H23N5O2S/c1-3-22-15(10-9-14(18)23)20-21-17(22)25-11-16(24)19-12(2)13-7-5-4-6-8-13/h4-8,12H,3,9-11H2,1-2H3,(H2,18,23)(H,19,24)/t12-/m1/s1. The van der Waals surface area contributed by atoms with Crippen LogP contribution in [-0.4, -0.2) is 32.3 Å². The lowest BCUT2D eigenvalue weighted by molar-refractivity contribution is -0.119. The monoisotopic (exact) mass is 361 g/mol. The minimum absolute atomic E-state index is 0.0514. The van der Waals surface area contributed by atoms with Crippen LogP contribution in [0.5, 0.6) is 0 Å².